The standard InChI is InChI=1S/C10H9F2N3O/c1-2-3-9(16)14-6-8-13-5-4-7(15-8)10(11)12/h4-5,10H,6H2,1H3,(H,14,16). The first-order valence-corrected chi connectivity index (χ1v) is 4.44. The molecule has 0 saturated heterocycles. The number of nitrogens with one attached hydrogen (secondary N) is 1. The number of carbonyl (C=O) groups excluding carboxylic acids is 1. The molecule has 1 aromatic heterocycles. The predicted molar refractivity (Wildman–Crippen MR) is 52.3 cm³/mol. The van der Waals surface area contributed by atoms with E-state index in [1.54, 1.807) is 0 Å². The van der Waals surface area contributed by atoms with E-state index in [4.69, 9.17) is 0 Å². The molecular weight excluding hydrogens is 216 g/mol. The van der Waals surface area contributed by atoms with E-state index in [9.17, 15) is 13.6 Å². The van der Waals surface area contributed by atoms with Gasteiger partial charge in [0.15, 0.2) is 0 Å². The molecule has 1 amide bonds. The lowest BCUT2D eigenvalue weighted by atomic mass is 10.4. The average Bonchev–Trinajstić information content (AvgIpc) is 2.27. The minimum Gasteiger partial charge on any atom is -0.338 e. The number of hydrogen-bond donors (Lipinski definition) is 1. The number of hydrogen-bond acceptors (Lipinski definition) is 3. The summed E-state index contributed by atoms with van der Waals surface area (Å²) in [5.41, 5.74) is -0.360. The number of halogens is 2. The molecule has 0 aliphatic heterocycles. The fraction of sp³-hybridized carbons (Fsp3) is 0.300. The molecule has 0 unspecified atom stereocenters. The second-order valence-electron chi connectivity index (χ2n) is 2.76. The molecule has 84 valence electrons. The number of alkyl halides is 2. The van der Waals surface area contributed by atoms with Crippen molar-refractivity contribution in [1.82, 2.24) is 15.3 Å². The lowest BCUT2D eigenvalue weighted by Crippen LogP contribution is -2.22. The van der Waals surface area contributed by atoms with Crippen molar-refractivity contribution >= 4 is 5.91 Å². The minimum absolute atomic E-state index is 0.0198. The Labute approximate surface area is 91.1 Å². The predicted octanol–water partition coefficient (Wildman–Crippen LogP) is 1.05. The van der Waals surface area contributed by atoms with E-state index >= 15 is 0 Å². The first kappa shape index (κ1) is 12.0. The molecule has 0 spiro atoms. The van der Waals surface area contributed by atoms with Crippen LogP contribution in [0.15, 0.2) is 12.3 Å². The van der Waals surface area contributed by atoms with Gasteiger partial charge in [0.1, 0.15) is 11.5 Å². The lowest BCUT2D eigenvalue weighted by molar-refractivity contribution is -0.115. The van der Waals surface area contributed by atoms with Gasteiger partial charge in [-0.3, -0.25) is 4.79 Å². The normalized spacial score (nSPS) is 9.50. The molecule has 0 radical (unpaired) electrons. The van der Waals surface area contributed by atoms with Crippen LogP contribution in [0.25, 0.3) is 0 Å². The van der Waals surface area contributed by atoms with Crippen molar-refractivity contribution in [1.29, 1.82) is 0 Å². The minimum atomic E-state index is -2.65. The quantitative estimate of drug-likeness (QED) is 0.782. The number of rotatable bonds is 3. The summed E-state index contributed by atoms with van der Waals surface area (Å²) < 4.78 is 24.5. The molecule has 6 heteroatoms. The summed E-state index contributed by atoms with van der Waals surface area (Å²) in [6, 6.07) is 1.13. The molecule has 0 saturated carbocycles. The topological polar surface area (TPSA) is 54.9 Å². The summed E-state index contributed by atoms with van der Waals surface area (Å²) in [7, 11) is 0. The van der Waals surface area contributed by atoms with E-state index in [2.05, 4.69) is 27.1 Å². The van der Waals surface area contributed by atoms with Gasteiger partial charge >= 0.3 is 0 Å². The maximum Gasteiger partial charge on any atom is 0.296 e. The highest BCUT2D eigenvalue weighted by molar-refractivity contribution is 5.93. The first-order chi connectivity index (χ1) is 7.63. The van der Waals surface area contributed by atoms with Gasteiger partial charge in [-0.15, -0.1) is 0 Å². The van der Waals surface area contributed by atoms with Gasteiger partial charge in [-0.25, -0.2) is 18.7 Å². The van der Waals surface area contributed by atoms with Gasteiger partial charge in [-0.1, -0.05) is 5.92 Å². The van der Waals surface area contributed by atoms with E-state index in [1.165, 1.54) is 13.1 Å². The molecule has 1 heterocycles. The van der Waals surface area contributed by atoms with Gasteiger partial charge < -0.3 is 5.32 Å². The summed E-state index contributed by atoms with van der Waals surface area (Å²) in [5.74, 6) is 4.30. The Bertz CT molecular complexity index is 437. The van der Waals surface area contributed by atoms with Crippen molar-refractivity contribution in [3.05, 3.63) is 23.8 Å². The number of carbonyl (C=O) groups is 1. The molecule has 0 fully saturated rings. The van der Waals surface area contributed by atoms with Crippen molar-refractivity contribution in [2.24, 2.45) is 0 Å². The van der Waals surface area contributed by atoms with Crippen LogP contribution in [0.3, 0.4) is 0 Å². The van der Waals surface area contributed by atoms with Gasteiger partial charge in [0.05, 0.1) is 6.54 Å². The van der Waals surface area contributed by atoms with Gasteiger partial charge in [-0.05, 0) is 18.9 Å². The van der Waals surface area contributed by atoms with Crippen LogP contribution in [0.4, 0.5) is 8.78 Å². The largest absolute Gasteiger partial charge is 0.338 e. The first-order valence-electron chi connectivity index (χ1n) is 4.44. The molecule has 0 bridgehead atoms. The summed E-state index contributed by atoms with van der Waals surface area (Å²) in [5, 5.41) is 2.38. The Morgan fingerprint density at radius 3 is 3.00 bits per heavy atom. The second kappa shape index (κ2) is 5.75. The van der Waals surface area contributed by atoms with Crippen LogP contribution >= 0.6 is 0 Å². The SMILES string of the molecule is CC#CC(=O)NCc1nccc(C(F)F)n1. The van der Waals surface area contributed by atoms with E-state index in [0.717, 1.165) is 6.07 Å². The molecule has 0 aliphatic carbocycles. The Morgan fingerprint density at radius 1 is 1.62 bits per heavy atom. The van der Waals surface area contributed by atoms with Gasteiger partial charge in [0.25, 0.3) is 12.3 Å². The Morgan fingerprint density at radius 2 is 2.38 bits per heavy atom. The van der Waals surface area contributed by atoms with Crippen LogP contribution in [0, 0.1) is 11.8 Å². The van der Waals surface area contributed by atoms with Gasteiger partial charge in [-0.2, -0.15) is 0 Å². The zero-order valence-corrected chi connectivity index (χ0v) is 8.50. The Balaban J connectivity index is 2.63. The zero-order valence-electron chi connectivity index (χ0n) is 8.50. The molecule has 0 atom stereocenters. The van der Waals surface area contributed by atoms with Crippen molar-refractivity contribution in [3.63, 3.8) is 0 Å². The maximum absolute atomic E-state index is 12.3. The Kier molecular flexibility index (Phi) is 4.33. The summed E-state index contributed by atoms with van der Waals surface area (Å²) >= 11 is 0. The lowest BCUT2D eigenvalue weighted by Gasteiger charge is -2.02. The molecule has 1 rings (SSSR count). The summed E-state index contributed by atoms with van der Waals surface area (Å²) in [6.45, 7) is 1.50. The molecule has 0 aliphatic rings. The summed E-state index contributed by atoms with van der Waals surface area (Å²) in [4.78, 5) is 18.3. The van der Waals surface area contributed by atoms with Crippen LogP contribution in [-0.4, -0.2) is 15.9 Å². The van der Waals surface area contributed by atoms with Crippen molar-refractivity contribution in [2.75, 3.05) is 0 Å². The van der Waals surface area contributed by atoms with Crippen molar-refractivity contribution in [2.45, 2.75) is 19.9 Å². The summed E-state index contributed by atoms with van der Waals surface area (Å²) in [6.07, 6.45) is -1.42. The monoisotopic (exact) mass is 225 g/mol. The van der Waals surface area contributed by atoms with Gasteiger partial charge in [0, 0.05) is 6.20 Å². The van der Waals surface area contributed by atoms with Crippen LogP contribution < -0.4 is 5.32 Å². The van der Waals surface area contributed by atoms with Crippen molar-refractivity contribution in [3.8, 4) is 11.8 Å². The van der Waals surface area contributed by atoms with E-state index in [1.807, 2.05) is 0 Å². The zero-order chi connectivity index (χ0) is 12.0. The fourth-order valence-electron chi connectivity index (χ4n) is 0.939. The van der Waals surface area contributed by atoms with Crippen LogP contribution in [0.5, 0.6) is 0 Å². The maximum atomic E-state index is 12.3. The highest BCUT2D eigenvalue weighted by Gasteiger charge is 2.09. The second-order valence-corrected chi connectivity index (χ2v) is 2.76. The van der Waals surface area contributed by atoms with Gasteiger partial charge in [0.2, 0.25) is 0 Å². The van der Waals surface area contributed by atoms with E-state index in [-0.39, 0.29) is 18.1 Å². The third kappa shape index (κ3) is 3.61. The third-order valence-electron chi connectivity index (χ3n) is 1.60. The number of amides is 1. The average molecular weight is 225 g/mol. The number of nitrogens with zero attached hydrogens (tertiary/aromatic N) is 2. The van der Waals surface area contributed by atoms with Crippen molar-refractivity contribution < 1.29 is 13.6 Å². The molecule has 16 heavy (non-hydrogen) atoms. The third-order valence-corrected chi connectivity index (χ3v) is 1.60. The Hall–Kier alpha value is -2.03. The molecule has 4 nitrogen and oxygen atoms in total. The molecular formula is C10H9F2N3O. The van der Waals surface area contributed by atoms with Crippen LogP contribution in [-0.2, 0) is 11.3 Å². The molecule has 0 aromatic carbocycles. The molecule has 1 N–H and O–H groups in total. The highest BCUT2D eigenvalue weighted by atomic mass is 19.3. The fourth-order valence-corrected chi connectivity index (χ4v) is 0.939. The molecule has 1 aromatic rings. The van der Waals surface area contributed by atoms with Crippen LogP contribution in [0.1, 0.15) is 24.9 Å². The highest BCUT2D eigenvalue weighted by Crippen LogP contribution is 2.14. The smallest absolute Gasteiger partial charge is 0.296 e. The van der Waals surface area contributed by atoms with E-state index in [0.29, 0.717) is 0 Å². The van der Waals surface area contributed by atoms with E-state index < -0.39 is 12.3 Å². The van der Waals surface area contributed by atoms with Crippen LogP contribution in [0.2, 0.25) is 0 Å². The number of aromatic nitrogens is 2.